The van der Waals surface area contributed by atoms with Crippen LogP contribution in [0.25, 0.3) is 0 Å². The minimum atomic E-state index is -4.69. The van der Waals surface area contributed by atoms with Crippen molar-refractivity contribution in [1.29, 1.82) is 0 Å². The number of carbonyl (C=O) groups is 1. The van der Waals surface area contributed by atoms with Crippen molar-refractivity contribution in [1.82, 2.24) is 4.57 Å². The highest BCUT2D eigenvalue weighted by atomic mass is 35.7. The first kappa shape index (κ1) is 26.3. The van der Waals surface area contributed by atoms with Crippen LogP contribution in [0, 0.1) is 17.2 Å². The van der Waals surface area contributed by atoms with Crippen LogP contribution in [-0.2, 0) is 23.0 Å². The summed E-state index contributed by atoms with van der Waals surface area (Å²) in [6, 6.07) is 10.3. The van der Waals surface area contributed by atoms with Gasteiger partial charge in [-0.25, -0.2) is 0 Å². The fourth-order valence-electron chi connectivity index (χ4n) is 3.83. The monoisotopic (exact) mass is 486 g/mol. The molecule has 0 radical (unpaired) electrons. The summed E-state index contributed by atoms with van der Waals surface area (Å²) < 4.78 is 39.6. The number of halogens is 2. The van der Waals surface area contributed by atoms with E-state index in [1.807, 2.05) is 31.3 Å². The highest BCUT2D eigenvalue weighted by molar-refractivity contribution is 6.30. The Morgan fingerprint density at radius 2 is 1.78 bits per heavy atom. The summed E-state index contributed by atoms with van der Waals surface area (Å²) in [5.41, 5.74) is 5.14. The van der Waals surface area contributed by atoms with Gasteiger partial charge in [0.1, 0.15) is 0 Å². The van der Waals surface area contributed by atoms with E-state index in [0.717, 1.165) is 41.1 Å². The Morgan fingerprint density at radius 1 is 1.22 bits per heavy atom. The summed E-state index contributed by atoms with van der Waals surface area (Å²) in [5.74, 6) is -0.237. The van der Waals surface area contributed by atoms with Gasteiger partial charge in [0.2, 0.25) is 0 Å². The third kappa shape index (κ3) is 8.20. The number of hydrogen-bond acceptors (Lipinski definition) is 7. The summed E-state index contributed by atoms with van der Waals surface area (Å²) >= 11 is 6.10. The van der Waals surface area contributed by atoms with E-state index < -0.39 is 10.2 Å². The van der Waals surface area contributed by atoms with Crippen LogP contribution < -0.4 is 14.0 Å². The Kier molecular flexibility index (Phi) is 9.69. The van der Waals surface area contributed by atoms with Crippen molar-refractivity contribution in [3.05, 3.63) is 57.9 Å². The fraction of sp³-hybridized carbons (Fsp3) is 0.455. The van der Waals surface area contributed by atoms with E-state index in [2.05, 4.69) is 17.6 Å². The molecular formula is C22H28Cl2N2O6. The molecule has 1 aliphatic rings. The van der Waals surface area contributed by atoms with E-state index in [1.54, 1.807) is 0 Å². The smallest absolute Gasteiger partial charge is 0.311 e. The number of hydrogen-bond donors (Lipinski definition) is 1. The lowest BCUT2D eigenvalue weighted by atomic mass is 9.95. The van der Waals surface area contributed by atoms with Crippen molar-refractivity contribution < 1.29 is 38.4 Å². The van der Waals surface area contributed by atoms with Gasteiger partial charge >= 0.3 is 5.97 Å². The molecule has 1 aliphatic carbocycles. The van der Waals surface area contributed by atoms with Crippen LogP contribution in [0.3, 0.4) is 0 Å². The molecule has 0 saturated heterocycles. The maximum Gasteiger partial charge on any atom is 0.311 e. The van der Waals surface area contributed by atoms with Gasteiger partial charge in [-0.05, 0) is 43.5 Å². The summed E-state index contributed by atoms with van der Waals surface area (Å²) in [4.78, 5) is 16.9. The normalized spacial score (nSPS) is 15.2. The van der Waals surface area contributed by atoms with Crippen LogP contribution in [0.2, 0.25) is 5.02 Å². The first-order valence-corrected chi connectivity index (χ1v) is 11.8. The lowest BCUT2D eigenvalue weighted by Gasteiger charge is -2.20. The van der Waals surface area contributed by atoms with Gasteiger partial charge in [0.25, 0.3) is 0 Å². The highest BCUT2D eigenvalue weighted by Gasteiger charge is 2.21. The molecule has 0 atom stereocenters. The molecule has 176 valence electrons. The van der Waals surface area contributed by atoms with Crippen molar-refractivity contribution in [3.63, 3.8) is 0 Å². The molecule has 1 aromatic carbocycles. The second kappa shape index (κ2) is 11.8. The summed E-state index contributed by atoms with van der Waals surface area (Å²) in [7, 11) is -1.28. The Bertz CT molecular complexity index is 923. The number of benzene rings is 1. The van der Waals surface area contributed by atoms with Gasteiger partial charge in [0.15, 0.2) is 0 Å². The van der Waals surface area contributed by atoms with E-state index in [9.17, 15) is 4.79 Å². The molecule has 0 spiro atoms. The minimum Gasteiger partial charge on any atom is -0.469 e. The lowest BCUT2D eigenvalue weighted by molar-refractivity contribution is -1.92. The maximum absolute atomic E-state index is 11.8. The van der Waals surface area contributed by atoms with Crippen LogP contribution in [0.5, 0.6) is 0 Å². The molecule has 1 aromatic heterocycles. The second-order valence-corrected chi connectivity index (χ2v) is 8.88. The summed E-state index contributed by atoms with van der Waals surface area (Å²) in [6.45, 7) is 2.07. The number of ether oxygens (including phenoxy) is 1. The molecule has 1 fully saturated rings. The molecule has 10 heteroatoms. The largest absolute Gasteiger partial charge is 0.469 e. The van der Waals surface area contributed by atoms with Crippen LogP contribution in [-0.4, -0.2) is 34.1 Å². The zero-order valence-corrected chi connectivity index (χ0v) is 19.9. The molecule has 1 N–H and O–H groups in total. The van der Waals surface area contributed by atoms with Crippen LogP contribution in [0.15, 0.2) is 35.3 Å². The molecule has 0 bridgehead atoms. The van der Waals surface area contributed by atoms with E-state index >= 15 is 0 Å². The lowest BCUT2D eigenvalue weighted by Crippen LogP contribution is -2.58. The number of nitrogens with zero attached hydrogens (tertiary/aromatic N) is 2. The van der Waals surface area contributed by atoms with Crippen LogP contribution in [0.1, 0.15) is 54.6 Å². The maximum atomic E-state index is 11.8. The Hall–Kier alpha value is -1.94. The van der Waals surface area contributed by atoms with Crippen molar-refractivity contribution in [3.8, 4) is 0 Å². The molecule has 3 rings (SSSR count). The predicted molar refractivity (Wildman–Crippen MR) is 112 cm³/mol. The summed E-state index contributed by atoms with van der Waals surface area (Å²) in [5, 5.41) is 0.714. The number of esters is 1. The Labute approximate surface area is 194 Å². The predicted octanol–water partition coefficient (Wildman–Crippen LogP) is 0.749. The molecule has 2 aromatic rings. The van der Waals surface area contributed by atoms with Crippen molar-refractivity contribution in [2.75, 3.05) is 7.11 Å². The average molecular weight is 487 g/mol. The molecule has 1 heterocycles. The molecule has 1 saturated carbocycles. The molecular weight excluding hydrogens is 459 g/mol. The quantitative estimate of drug-likeness (QED) is 0.489. The van der Waals surface area contributed by atoms with Gasteiger partial charge in [-0.2, -0.15) is 14.0 Å². The number of aryl methyl sites for hydroxylation is 1. The topological polar surface area (TPSA) is 133 Å². The third-order valence-electron chi connectivity index (χ3n) is 5.30. The average Bonchev–Trinajstić information content (AvgIpc) is 2.99. The zero-order valence-electron chi connectivity index (χ0n) is 18.3. The third-order valence-corrected chi connectivity index (χ3v) is 5.56. The van der Waals surface area contributed by atoms with Gasteiger partial charge in [-0.1, -0.05) is 43.0 Å². The van der Waals surface area contributed by atoms with Crippen LogP contribution >= 0.6 is 11.6 Å². The Morgan fingerprint density at radius 3 is 2.31 bits per heavy atom. The van der Waals surface area contributed by atoms with Crippen molar-refractivity contribution >= 4 is 23.3 Å². The SMILES string of the molecule is COC(=O)Cc1cc(C)c(C(=NC2CCCCC2)c2ccc(Cl)cc2)n1C.[O-][Cl+3]([O-])([O-])O. The number of rotatable bonds is 5. The van der Waals surface area contributed by atoms with Gasteiger partial charge in [0.05, 0.1) is 45.9 Å². The van der Waals surface area contributed by atoms with Crippen molar-refractivity contribution in [2.24, 2.45) is 12.0 Å². The zero-order chi connectivity index (χ0) is 23.9. The minimum absolute atomic E-state index is 0.237. The fourth-order valence-corrected chi connectivity index (χ4v) is 3.96. The van der Waals surface area contributed by atoms with E-state index in [0.29, 0.717) is 11.1 Å². The molecule has 0 unspecified atom stereocenters. The number of carbonyl (C=O) groups excluding carboxylic acids is 1. The van der Waals surface area contributed by atoms with E-state index in [-0.39, 0.29) is 12.4 Å². The molecule has 0 aliphatic heterocycles. The standard InChI is InChI=1S/C22H27ClN2O2.ClHO4/c1-15-13-19(14-20(26)27-3)25(2)22(15)21(16-9-11-17(23)12-10-16)24-18-7-5-4-6-8-18;2-1(3,4)5/h9-13,18H,4-8,14H2,1-3H3;(H,2,3,4,5). The molecule has 32 heavy (non-hydrogen) atoms. The van der Waals surface area contributed by atoms with E-state index in [4.69, 9.17) is 40.0 Å². The molecule has 8 nitrogen and oxygen atoms in total. The first-order chi connectivity index (χ1) is 15.0. The highest BCUT2D eigenvalue weighted by Crippen LogP contribution is 2.25. The Balaban J connectivity index is 0.000000654. The second-order valence-electron chi connectivity index (χ2n) is 7.65. The number of aromatic nitrogens is 1. The molecule has 0 amide bonds. The van der Waals surface area contributed by atoms with Gasteiger partial charge in [0, 0.05) is 23.3 Å². The van der Waals surface area contributed by atoms with Crippen LogP contribution in [0.4, 0.5) is 0 Å². The first-order valence-electron chi connectivity index (χ1n) is 10.2. The van der Waals surface area contributed by atoms with Gasteiger partial charge in [-0.3, -0.25) is 9.79 Å². The van der Waals surface area contributed by atoms with Gasteiger partial charge < -0.3 is 9.30 Å². The van der Waals surface area contributed by atoms with Gasteiger partial charge in [-0.15, -0.1) is 0 Å². The van der Waals surface area contributed by atoms with Crippen molar-refractivity contribution in [2.45, 2.75) is 51.5 Å². The number of methoxy groups -OCH3 is 1. The van der Waals surface area contributed by atoms with E-state index in [1.165, 1.54) is 26.4 Å². The summed E-state index contributed by atoms with van der Waals surface area (Å²) in [6.07, 6.45) is 6.30. The number of aliphatic imine (C=N–C) groups is 1.